The van der Waals surface area contributed by atoms with E-state index in [9.17, 15) is 0 Å². The summed E-state index contributed by atoms with van der Waals surface area (Å²) < 4.78 is 2.16. The second-order valence-electron chi connectivity index (χ2n) is 6.73. The van der Waals surface area contributed by atoms with Crippen LogP contribution in [0.1, 0.15) is 38.8 Å². The van der Waals surface area contributed by atoms with Gasteiger partial charge in [0.05, 0.1) is 0 Å². The number of aromatic nitrogens is 2. The van der Waals surface area contributed by atoms with Gasteiger partial charge in [-0.2, -0.15) is 0 Å². The molecule has 0 bridgehead atoms. The van der Waals surface area contributed by atoms with Gasteiger partial charge in [-0.15, -0.1) is 0 Å². The van der Waals surface area contributed by atoms with E-state index in [1.807, 2.05) is 47.1 Å². The zero-order chi connectivity index (χ0) is 21.4. The molecule has 1 aromatic carbocycles. The topological polar surface area (TPSA) is 33.1 Å². The standard InChI is InChI=1S/C20H21N3S.C2H7N.C2H6/c1-4-22-11-9-15-7-8-16(12-19(15)22)24-23-13-18(14(2)3)17-6-5-10-21-20(17)23;1-3-2;1-2/h5-8,10,12-13H,2,4,9,11H2,1,3H3;3H,1-2H3;1-2H3. The molecule has 29 heavy (non-hydrogen) atoms. The Morgan fingerprint density at radius 3 is 2.62 bits per heavy atom. The Kier molecular flexibility index (Phi) is 8.80. The van der Waals surface area contributed by atoms with Gasteiger partial charge in [-0.1, -0.05) is 26.5 Å². The van der Waals surface area contributed by atoms with Gasteiger partial charge in [0.25, 0.3) is 0 Å². The second kappa shape index (κ2) is 11.1. The second-order valence-corrected chi connectivity index (χ2v) is 7.78. The Balaban J connectivity index is 0.000000551. The Labute approximate surface area is 180 Å². The Morgan fingerprint density at radius 2 is 1.97 bits per heavy atom. The first-order valence-electron chi connectivity index (χ1n) is 10.4. The van der Waals surface area contributed by atoms with E-state index in [-0.39, 0.29) is 0 Å². The molecule has 3 heterocycles. The van der Waals surface area contributed by atoms with Crippen molar-refractivity contribution in [3.63, 3.8) is 0 Å². The molecular weight excluding hydrogens is 376 g/mol. The molecule has 0 fully saturated rings. The minimum atomic E-state index is 0.994. The van der Waals surface area contributed by atoms with Crippen molar-refractivity contribution in [3.8, 4) is 0 Å². The molecule has 2 aromatic heterocycles. The SMILES string of the molecule is C=C(C)c1cn(Sc2ccc3c(c2)N(CC)CC3)c2ncccc12.CC.CNC. The van der Waals surface area contributed by atoms with Gasteiger partial charge in [-0.25, -0.2) is 4.98 Å². The lowest BCUT2D eigenvalue weighted by molar-refractivity contribution is 0.867. The van der Waals surface area contributed by atoms with Crippen molar-refractivity contribution in [2.45, 2.75) is 39.0 Å². The zero-order valence-electron chi connectivity index (χ0n) is 18.6. The highest BCUT2D eigenvalue weighted by atomic mass is 32.2. The van der Waals surface area contributed by atoms with Crippen LogP contribution in [0.2, 0.25) is 0 Å². The molecule has 0 aliphatic carbocycles. The van der Waals surface area contributed by atoms with E-state index in [1.54, 1.807) is 11.9 Å². The minimum absolute atomic E-state index is 0.994. The van der Waals surface area contributed by atoms with Gasteiger partial charge in [0.2, 0.25) is 0 Å². The molecule has 3 aromatic rings. The molecule has 0 spiro atoms. The lowest BCUT2D eigenvalue weighted by Gasteiger charge is -2.17. The quantitative estimate of drug-likeness (QED) is 0.583. The zero-order valence-corrected chi connectivity index (χ0v) is 19.4. The molecule has 4 nitrogen and oxygen atoms in total. The number of hydrogen-bond acceptors (Lipinski definition) is 4. The number of likely N-dealkylation sites (N-methyl/N-ethyl adjacent to an activating group) is 1. The van der Waals surface area contributed by atoms with E-state index >= 15 is 0 Å². The minimum Gasteiger partial charge on any atom is -0.371 e. The molecule has 1 aliphatic rings. The van der Waals surface area contributed by atoms with Crippen molar-refractivity contribution in [2.24, 2.45) is 0 Å². The highest BCUT2D eigenvalue weighted by molar-refractivity contribution is 7.98. The van der Waals surface area contributed by atoms with Crippen LogP contribution in [-0.4, -0.2) is 36.1 Å². The molecule has 0 unspecified atom stereocenters. The number of rotatable bonds is 4. The molecule has 0 atom stereocenters. The lowest BCUT2D eigenvalue weighted by Crippen LogP contribution is -2.19. The number of nitrogens with one attached hydrogen (secondary N) is 1. The summed E-state index contributed by atoms with van der Waals surface area (Å²) in [5.41, 5.74) is 6.07. The number of allylic oxidation sites excluding steroid dienone is 1. The van der Waals surface area contributed by atoms with Gasteiger partial charge in [0.15, 0.2) is 5.65 Å². The molecular formula is C24H34N4S. The van der Waals surface area contributed by atoms with Crippen molar-refractivity contribution in [1.29, 1.82) is 0 Å². The van der Waals surface area contributed by atoms with Crippen LogP contribution in [0, 0.1) is 0 Å². The van der Waals surface area contributed by atoms with Crippen LogP contribution in [0.25, 0.3) is 16.6 Å². The Bertz CT molecular complexity index is 945. The average molecular weight is 411 g/mol. The third-order valence-electron chi connectivity index (χ3n) is 4.63. The first-order valence-corrected chi connectivity index (χ1v) is 11.1. The fraction of sp³-hybridized carbons (Fsp3) is 0.375. The number of benzene rings is 1. The largest absolute Gasteiger partial charge is 0.371 e. The van der Waals surface area contributed by atoms with Gasteiger partial charge in [-0.05, 0) is 81.7 Å². The van der Waals surface area contributed by atoms with Crippen LogP contribution in [-0.2, 0) is 6.42 Å². The lowest BCUT2D eigenvalue weighted by atomic mass is 10.1. The summed E-state index contributed by atoms with van der Waals surface area (Å²) in [6.07, 6.45) is 5.15. The van der Waals surface area contributed by atoms with Gasteiger partial charge in [-0.3, -0.25) is 3.97 Å². The maximum absolute atomic E-state index is 4.57. The number of hydrogen-bond donors (Lipinski definition) is 1. The van der Waals surface area contributed by atoms with Crippen LogP contribution in [0.5, 0.6) is 0 Å². The maximum atomic E-state index is 4.57. The summed E-state index contributed by atoms with van der Waals surface area (Å²) in [5, 5.41) is 3.91. The van der Waals surface area contributed by atoms with Crippen LogP contribution < -0.4 is 10.2 Å². The van der Waals surface area contributed by atoms with Crippen molar-refractivity contribution in [2.75, 3.05) is 32.1 Å². The predicted molar refractivity (Wildman–Crippen MR) is 130 cm³/mol. The summed E-state index contributed by atoms with van der Waals surface area (Å²) >= 11 is 1.72. The van der Waals surface area contributed by atoms with Crippen LogP contribution in [0.15, 0.2) is 54.2 Å². The number of pyridine rings is 1. The van der Waals surface area contributed by atoms with Crippen molar-refractivity contribution in [1.82, 2.24) is 14.3 Å². The Morgan fingerprint density at radius 1 is 1.24 bits per heavy atom. The van der Waals surface area contributed by atoms with Crippen molar-refractivity contribution in [3.05, 3.63) is 60.4 Å². The van der Waals surface area contributed by atoms with E-state index in [0.29, 0.717) is 0 Å². The molecule has 4 rings (SSSR count). The van der Waals surface area contributed by atoms with Crippen molar-refractivity contribution < 1.29 is 0 Å². The highest BCUT2D eigenvalue weighted by Gasteiger charge is 2.18. The van der Waals surface area contributed by atoms with Crippen LogP contribution in [0.4, 0.5) is 5.69 Å². The predicted octanol–water partition coefficient (Wildman–Crippen LogP) is 5.87. The third-order valence-corrected chi connectivity index (χ3v) is 5.57. The molecule has 0 saturated carbocycles. The molecule has 0 amide bonds. The van der Waals surface area contributed by atoms with E-state index < -0.39 is 0 Å². The van der Waals surface area contributed by atoms with Gasteiger partial charge in [0.1, 0.15) is 0 Å². The monoisotopic (exact) mass is 410 g/mol. The fourth-order valence-corrected chi connectivity index (χ4v) is 4.27. The van der Waals surface area contributed by atoms with E-state index in [1.165, 1.54) is 21.7 Å². The number of nitrogens with zero attached hydrogens (tertiary/aromatic N) is 3. The van der Waals surface area contributed by atoms with E-state index in [2.05, 4.69) is 63.1 Å². The first-order chi connectivity index (χ1) is 14.1. The molecule has 1 N–H and O–H groups in total. The Hall–Kier alpha value is -2.24. The van der Waals surface area contributed by atoms with Gasteiger partial charge < -0.3 is 10.2 Å². The molecule has 5 heteroatoms. The normalized spacial score (nSPS) is 12.0. The van der Waals surface area contributed by atoms with Gasteiger partial charge >= 0.3 is 0 Å². The van der Waals surface area contributed by atoms with Gasteiger partial charge in [0, 0.05) is 47.0 Å². The number of anilines is 1. The highest BCUT2D eigenvalue weighted by Crippen LogP contribution is 2.35. The molecule has 1 aliphatic heterocycles. The third kappa shape index (κ3) is 5.22. The summed E-state index contributed by atoms with van der Waals surface area (Å²) in [7, 11) is 3.75. The summed E-state index contributed by atoms with van der Waals surface area (Å²) in [5.74, 6) is 0. The molecule has 156 valence electrons. The van der Waals surface area contributed by atoms with Crippen LogP contribution in [0.3, 0.4) is 0 Å². The maximum Gasteiger partial charge on any atom is 0.150 e. The summed E-state index contributed by atoms with van der Waals surface area (Å²) in [6, 6.07) is 10.9. The fourth-order valence-electron chi connectivity index (χ4n) is 3.36. The molecule has 0 saturated heterocycles. The number of fused-ring (bicyclic) bond motifs is 2. The summed E-state index contributed by atoms with van der Waals surface area (Å²) in [4.78, 5) is 8.26. The smallest absolute Gasteiger partial charge is 0.150 e. The van der Waals surface area contributed by atoms with Crippen LogP contribution >= 0.6 is 11.9 Å². The molecule has 0 radical (unpaired) electrons. The first kappa shape index (κ1) is 23.0. The summed E-state index contributed by atoms with van der Waals surface area (Å²) in [6.45, 7) is 14.6. The van der Waals surface area contributed by atoms with E-state index in [4.69, 9.17) is 0 Å². The average Bonchev–Trinajstić information content (AvgIpc) is 3.31. The van der Waals surface area contributed by atoms with Crippen molar-refractivity contribution >= 4 is 34.2 Å². The van der Waals surface area contributed by atoms with E-state index in [0.717, 1.165) is 36.1 Å².